The van der Waals surface area contributed by atoms with E-state index in [0.29, 0.717) is 38.3 Å². The van der Waals surface area contributed by atoms with Gasteiger partial charge in [-0.3, -0.25) is 4.79 Å². The van der Waals surface area contributed by atoms with Gasteiger partial charge in [0.1, 0.15) is 11.5 Å². The van der Waals surface area contributed by atoms with Gasteiger partial charge >= 0.3 is 5.97 Å². The van der Waals surface area contributed by atoms with Gasteiger partial charge in [-0.25, -0.2) is 0 Å². The van der Waals surface area contributed by atoms with Gasteiger partial charge in [-0.2, -0.15) is 0 Å². The van der Waals surface area contributed by atoms with Gasteiger partial charge in [-0.05, 0) is 18.9 Å². The van der Waals surface area contributed by atoms with Crippen LogP contribution < -0.4 is 15.2 Å². The molecular weight excluding hydrogens is 258 g/mol. The van der Waals surface area contributed by atoms with E-state index >= 15 is 0 Å². The number of carbonyl (C=O) groups excluding carboxylic acids is 1. The number of rotatable bonds is 9. The minimum Gasteiger partial charge on any atom is -0.493 e. The largest absolute Gasteiger partial charge is 0.493 e. The Bertz CT molecular complexity index is 420. The van der Waals surface area contributed by atoms with E-state index in [9.17, 15) is 4.79 Å². The molecule has 0 heterocycles. The molecule has 0 saturated heterocycles. The van der Waals surface area contributed by atoms with Crippen molar-refractivity contribution in [2.24, 2.45) is 5.73 Å². The highest BCUT2D eigenvalue weighted by molar-refractivity contribution is 5.69. The molecule has 0 aliphatic carbocycles. The van der Waals surface area contributed by atoms with E-state index in [0.717, 1.165) is 17.7 Å². The fourth-order valence-electron chi connectivity index (χ4n) is 1.65. The molecule has 0 unspecified atom stereocenters. The van der Waals surface area contributed by atoms with Crippen LogP contribution in [0, 0.1) is 0 Å². The predicted octanol–water partition coefficient (Wildman–Crippen LogP) is 2.27. The normalized spacial score (nSPS) is 10.2. The highest BCUT2D eigenvalue weighted by Crippen LogP contribution is 2.25. The maximum Gasteiger partial charge on any atom is 0.305 e. The minimum absolute atomic E-state index is 0.229. The quantitative estimate of drug-likeness (QED) is 0.555. The first-order valence-corrected chi connectivity index (χ1v) is 6.86. The molecule has 0 fully saturated rings. The molecule has 5 nitrogen and oxygen atoms in total. The third kappa shape index (κ3) is 5.48. The summed E-state index contributed by atoms with van der Waals surface area (Å²) in [5.41, 5.74) is 6.60. The standard InChI is InChI=1S/C15H23NO4/c1-3-8-19-13-7-6-12(11-16)14(10-13)20-9-4-5-15(17)18-2/h6-7,10H,3-5,8-9,11,16H2,1-2H3. The molecule has 112 valence electrons. The van der Waals surface area contributed by atoms with Crippen molar-refractivity contribution in [3.8, 4) is 11.5 Å². The van der Waals surface area contributed by atoms with Crippen molar-refractivity contribution in [3.05, 3.63) is 23.8 Å². The summed E-state index contributed by atoms with van der Waals surface area (Å²) >= 11 is 0. The first-order chi connectivity index (χ1) is 9.71. The summed E-state index contributed by atoms with van der Waals surface area (Å²) in [6.07, 6.45) is 1.91. The zero-order valence-corrected chi connectivity index (χ0v) is 12.2. The summed E-state index contributed by atoms with van der Waals surface area (Å²) in [5.74, 6) is 1.26. The summed E-state index contributed by atoms with van der Waals surface area (Å²) in [5, 5.41) is 0. The average Bonchev–Trinajstić information content (AvgIpc) is 2.49. The van der Waals surface area contributed by atoms with Crippen LogP contribution in [-0.2, 0) is 16.1 Å². The lowest BCUT2D eigenvalue weighted by Gasteiger charge is -2.12. The number of hydrogen-bond donors (Lipinski definition) is 1. The number of ether oxygens (including phenoxy) is 3. The summed E-state index contributed by atoms with van der Waals surface area (Å²) < 4.78 is 15.8. The molecular formula is C15H23NO4. The summed E-state index contributed by atoms with van der Waals surface area (Å²) in [6, 6.07) is 5.63. The number of carbonyl (C=O) groups is 1. The van der Waals surface area contributed by atoms with Crippen molar-refractivity contribution in [2.45, 2.75) is 32.7 Å². The SMILES string of the molecule is CCCOc1ccc(CN)c(OCCCC(=O)OC)c1. The van der Waals surface area contributed by atoms with Gasteiger partial charge in [-0.1, -0.05) is 13.0 Å². The molecule has 0 bridgehead atoms. The van der Waals surface area contributed by atoms with Gasteiger partial charge in [0.25, 0.3) is 0 Å². The molecule has 0 atom stereocenters. The molecule has 20 heavy (non-hydrogen) atoms. The number of methoxy groups -OCH3 is 1. The molecule has 0 saturated carbocycles. The first-order valence-electron chi connectivity index (χ1n) is 6.86. The van der Waals surface area contributed by atoms with Crippen LogP contribution in [0.15, 0.2) is 18.2 Å². The highest BCUT2D eigenvalue weighted by atomic mass is 16.5. The fraction of sp³-hybridized carbons (Fsp3) is 0.533. The van der Waals surface area contributed by atoms with Crippen molar-refractivity contribution >= 4 is 5.97 Å². The molecule has 0 amide bonds. The van der Waals surface area contributed by atoms with Crippen molar-refractivity contribution in [1.82, 2.24) is 0 Å². The highest BCUT2D eigenvalue weighted by Gasteiger charge is 2.06. The topological polar surface area (TPSA) is 70.8 Å². The summed E-state index contributed by atoms with van der Waals surface area (Å²) in [4.78, 5) is 11.0. The van der Waals surface area contributed by atoms with E-state index in [4.69, 9.17) is 15.2 Å². The van der Waals surface area contributed by atoms with E-state index in [2.05, 4.69) is 11.7 Å². The lowest BCUT2D eigenvalue weighted by Crippen LogP contribution is -2.07. The van der Waals surface area contributed by atoms with Gasteiger partial charge in [-0.15, -0.1) is 0 Å². The molecule has 0 spiro atoms. The lowest BCUT2D eigenvalue weighted by atomic mass is 10.2. The second-order valence-corrected chi connectivity index (χ2v) is 4.35. The van der Waals surface area contributed by atoms with E-state index in [1.165, 1.54) is 7.11 Å². The smallest absolute Gasteiger partial charge is 0.305 e. The van der Waals surface area contributed by atoms with E-state index in [1.54, 1.807) is 0 Å². The molecule has 2 N–H and O–H groups in total. The Morgan fingerprint density at radius 1 is 1.25 bits per heavy atom. The van der Waals surface area contributed by atoms with Crippen LogP contribution in [0.25, 0.3) is 0 Å². The summed E-state index contributed by atoms with van der Waals surface area (Å²) in [6.45, 7) is 3.57. The van der Waals surface area contributed by atoms with Crippen LogP contribution in [-0.4, -0.2) is 26.3 Å². The second kappa shape index (κ2) is 9.20. The average molecular weight is 281 g/mol. The molecule has 0 aromatic heterocycles. The molecule has 1 aromatic carbocycles. The third-order valence-corrected chi connectivity index (χ3v) is 2.74. The Kier molecular flexibility index (Phi) is 7.50. The molecule has 1 aromatic rings. The van der Waals surface area contributed by atoms with E-state index < -0.39 is 0 Å². The Balaban J connectivity index is 2.54. The predicted molar refractivity (Wildman–Crippen MR) is 76.9 cm³/mol. The fourth-order valence-corrected chi connectivity index (χ4v) is 1.65. The van der Waals surface area contributed by atoms with E-state index in [1.807, 2.05) is 18.2 Å². The van der Waals surface area contributed by atoms with Crippen molar-refractivity contribution in [2.75, 3.05) is 20.3 Å². The monoisotopic (exact) mass is 281 g/mol. The van der Waals surface area contributed by atoms with Crippen molar-refractivity contribution in [1.29, 1.82) is 0 Å². The Morgan fingerprint density at radius 2 is 2.05 bits per heavy atom. The number of hydrogen-bond acceptors (Lipinski definition) is 5. The maximum absolute atomic E-state index is 11.0. The molecule has 1 rings (SSSR count). The molecule has 0 radical (unpaired) electrons. The molecule has 5 heteroatoms. The van der Waals surface area contributed by atoms with Gasteiger partial charge in [0.15, 0.2) is 0 Å². The Morgan fingerprint density at radius 3 is 2.70 bits per heavy atom. The van der Waals surface area contributed by atoms with Crippen molar-refractivity contribution in [3.63, 3.8) is 0 Å². The van der Waals surface area contributed by atoms with Crippen LogP contribution in [0.4, 0.5) is 0 Å². The zero-order valence-electron chi connectivity index (χ0n) is 12.2. The minimum atomic E-state index is -0.229. The van der Waals surface area contributed by atoms with Crippen molar-refractivity contribution < 1.29 is 19.0 Å². The van der Waals surface area contributed by atoms with E-state index in [-0.39, 0.29) is 5.97 Å². The van der Waals surface area contributed by atoms with Gasteiger partial charge < -0.3 is 19.9 Å². The number of esters is 1. The zero-order chi connectivity index (χ0) is 14.8. The third-order valence-electron chi connectivity index (χ3n) is 2.74. The maximum atomic E-state index is 11.0. The van der Waals surface area contributed by atoms with Crippen LogP contribution >= 0.6 is 0 Å². The van der Waals surface area contributed by atoms with Gasteiger partial charge in [0.2, 0.25) is 0 Å². The first kappa shape index (κ1) is 16.3. The van der Waals surface area contributed by atoms with Crippen LogP contribution in [0.2, 0.25) is 0 Å². The molecule has 0 aliphatic rings. The van der Waals surface area contributed by atoms with Crippen LogP contribution in [0.5, 0.6) is 11.5 Å². The Hall–Kier alpha value is -1.75. The molecule has 0 aliphatic heterocycles. The number of nitrogens with two attached hydrogens (primary N) is 1. The number of benzene rings is 1. The summed E-state index contributed by atoms with van der Waals surface area (Å²) in [7, 11) is 1.38. The van der Waals surface area contributed by atoms with Crippen LogP contribution in [0.3, 0.4) is 0 Å². The van der Waals surface area contributed by atoms with Gasteiger partial charge in [0, 0.05) is 24.6 Å². The Labute approximate surface area is 120 Å². The van der Waals surface area contributed by atoms with Crippen LogP contribution in [0.1, 0.15) is 31.7 Å². The lowest BCUT2D eigenvalue weighted by molar-refractivity contribution is -0.140. The second-order valence-electron chi connectivity index (χ2n) is 4.35. The van der Waals surface area contributed by atoms with Gasteiger partial charge in [0.05, 0.1) is 20.3 Å².